The molecule has 1 aliphatic rings. The van der Waals surface area contributed by atoms with Crippen LogP contribution in [0.25, 0.3) is 0 Å². The van der Waals surface area contributed by atoms with Crippen molar-refractivity contribution in [2.45, 2.75) is 12.3 Å². The number of benzene rings is 1. The highest BCUT2D eigenvalue weighted by atomic mass is 16.4. The van der Waals surface area contributed by atoms with Crippen LogP contribution in [0.15, 0.2) is 30.3 Å². The quantitative estimate of drug-likeness (QED) is 0.892. The second kappa shape index (κ2) is 6.52. The second-order valence-corrected chi connectivity index (χ2v) is 5.21. The molecule has 1 atom stereocenters. The summed E-state index contributed by atoms with van der Waals surface area (Å²) >= 11 is 0. The minimum absolute atomic E-state index is 0.0553. The summed E-state index contributed by atoms with van der Waals surface area (Å²) in [5.74, 6) is -1.38. The Bertz CT molecular complexity index is 475. The Labute approximate surface area is 118 Å². The summed E-state index contributed by atoms with van der Waals surface area (Å²) in [5.41, 5.74) is 0.782. The van der Waals surface area contributed by atoms with E-state index in [4.69, 9.17) is 0 Å². The van der Waals surface area contributed by atoms with Crippen molar-refractivity contribution in [2.75, 3.05) is 33.2 Å². The van der Waals surface area contributed by atoms with E-state index in [0.29, 0.717) is 13.1 Å². The van der Waals surface area contributed by atoms with Crippen LogP contribution in [0.5, 0.6) is 0 Å². The predicted molar refractivity (Wildman–Crippen MR) is 75.5 cm³/mol. The Balaban J connectivity index is 2.09. The van der Waals surface area contributed by atoms with E-state index in [1.807, 2.05) is 35.2 Å². The van der Waals surface area contributed by atoms with Gasteiger partial charge in [-0.15, -0.1) is 0 Å². The monoisotopic (exact) mass is 276 g/mol. The smallest absolute Gasteiger partial charge is 0.312 e. The topological polar surface area (TPSA) is 60.9 Å². The molecule has 5 heteroatoms. The predicted octanol–water partition coefficient (Wildman–Crippen LogP) is 1.02. The largest absolute Gasteiger partial charge is 0.481 e. The summed E-state index contributed by atoms with van der Waals surface area (Å²) in [6, 6.07) is 9.20. The van der Waals surface area contributed by atoms with Crippen molar-refractivity contribution < 1.29 is 14.7 Å². The number of carbonyl (C=O) groups is 2. The molecule has 0 saturated carbocycles. The molecule has 1 aromatic carbocycles. The summed E-state index contributed by atoms with van der Waals surface area (Å²) in [5, 5.41) is 9.42. The van der Waals surface area contributed by atoms with Crippen LogP contribution >= 0.6 is 0 Å². The van der Waals surface area contributed by atoms with E-state index < -0.39 is 11.9 Å². The minimum atomic E-state index is -0.846. The molecule has 1 unspecified atom stereocenters. The lowest BCUT2D eigenvalue weighted by Gasteiger charge is -2.23. The molecule has 2 rings (SSSR count). The van der Waals surface area contributed by atoms with Gasteiger partial charge in [-0.2, -0.15) is 0 Å². The molecule has 1 fully saturated rings. The van der Waals surface area contributed by atoms with Crippen LogP contribution in [0.4, 0.5) is 0 Å². The summed E-state index contributed by atoms with van der Waals surface area (Å²) in [7, 11) is 1.79. The zero-order valence-electron chi connectivity index (χ0n) is 11.7. The van der Waals surface area contributed by atoms with E-state index in [2.05, 4.69) is 0 Å². The van der Waals surface area contributed by atoms with Gasteiger partial charge in [0.1, 0.15) is 0 Å². The molecule has 0 spiro atoms. The molecule has 1 saturated heterocycles. The Morgan fingerprint density at radius 1 is 1.30 bits per heavy atom. The van der Waals surface area contributed by atoms with Gasteiger partial charge in [-0.1, -0.05) is 30.3 Å². The van der Waals surface area contributed by atoms with Crippen molar-refractivity contribution in [3.63, 3.8) is 0 Å². The van der Waals surface area contributed by atoms with E-state index in [-0.39, 0.29) is 5.91 Å². The summed E-state index contributed by atoms with van der Waals surface area (Å²) in [6.07, 6.45) is 0.878. The number of carboxylic acids is 1. The van der Waals surface area contributed by atoms with Gasteiger partial charge < -0.3 is 10.0 Å². The van der Waals surface area contributed by atoms with E-state index in [1.54, 1.807) is 11.9 Å². The molecule has 0 aromatic heterocycles. The molecule has 5 nitrogen and oxygen atoms in total. The Hall–Kier alpha value is -1.88. The molecule has 0 bridgehead atoms. The maximum atomic E-state index is 11.8. The van der Waals surface area contributed by atoms with Gasteiger partial charge in [-0.25, -0.2) is 0 Å². The molecule has 20 heavy (non-hydrogen) atoms. The second-order valence-electron chi connectivity index (χ2n) is 5.21. The van der Waals surface area contributed by atoms with Gasteiger partial charge in [0.25, 0.3) is 0 Å². The molecular formula is C15H20N2O3. The highest BCUT2D eigenvalue weighted by Crippen LogP contribution is 2.18. The van der Waals surface area contributed by atoms with Crippen molar-refractivity contribution in [1.29, 1.82) is 0 Å². The molecule has 108 valence electrons. The molecule has 1 amide bonds. The first-order valence-electron chi connectivity index (χ1n) is 6.82. The number of likely N-dealkylation sites (N-methyl/N-ethyl adjacent to an activating group) is 1. The van der Waals surface area contributed by atoms with Crippen LogP contribution < -0.4 is 0 Å². The third-order valence-corrected chi connectivity index (χ3v) is 3.69. The van der Waals surface area contributed by atoms with Crippen LogP contribution in [0.1, 0.15) is 17.9 Å². The fourth-order valence-electron chi connectivity index (χ4n) is 2.47. The maximum absolute atomic E-state index is 11.8. The van der Waals surface area contributed by atoms with E-state index in [0.717, 1.165) is 25.1 Å². The molecule has 0 radical (unpaired) electrons. The maximum Gasteiger partial charge on any atom is 0.312 e. The average molecular weight is 276 g/mol. The lowest BCUT2D eigenvalue weighted by Crippen LogP contribution is -2.37. The van der Waals surface area contributed by atoms with E-state index in [1.165, 1.54) is 0 Å². The molecule has 1 N–H and O–H groups in total. The molecule has 1 aromatic rings. The number of carboxylic acid groups (broad SMARTS) is 1. The molecule has 1 aliphatic heterocycles. The van der Waals surface area contributed by atoms with Crippen molar-refractivity contribution >= 4 is 11.9 Å². The van der Waals surface area contributed by atoms with Gasteiger partial charge in [0.2, 0.25) is 5.91 Å². The summed E-state index contributed by atoms with van der Waals surface area (Å²) in [6.45, 7) is 2.16. The van der Waals surface area contributed by atoms with Gasteiger partial charge in [-0.05, 0) is 12.0 Å². The van der Waals surface area contributed by atoms with Crippen LogP contribution in [-0.2, 0) is 9.59 Å². The van der Waals surface area contributed by atoms with Crippen molar-refractivity contribution in [1.82, 2.24) is 9.80 Å². The lowest BCUT2D eigenvalue weighted by molar-refractivity contribution is -0.140. The number of rotatable bonds is 4. The number of aliphatic carboxylic acids is 1. The van der Waals surface area contributed by atoms with Crippen molar-refractivity contribution in [2.24, 2.45) is 0 Å². The van der Waals surface area contributed by atoms with Gasteiger partial charge in [-0.3, -0.25) is 14.5 Å². The highest BCUT2D eigenvalue weighted by Gasteiger charge is 2.26. The zero-order chi connectivity index (χ0) is 14.5. The summed E-state index contributed by atoms with van der Waals surface area (Å²) < 4.78 is 0. The Morgan fingerprint density at radius 3 is 2.65 bits per heavy atom. The number of hydrogen-bond acceptors (Lipinski definition) is 3. The molecule has 0 aliphatic carbocycles. The standard InChI is InChI=1S/C15H20N2O3/c1-16-8-5-9-17(11-14(16)18)10-13(15(19)20)12-6-3-2-4-7-12/h2-4,6-7,13H,5,8-11H2,1H3,(H,19,20). The van der Waals surface area contributed by atoms with Crippen LogP contribution in [0.3, 0.4) is 0 Å². The normalized spacial score (nSPS) is 18.6. The Morgan fingerprint density at radius 2 is 2.00 bits per heavy atom. The average Bonchev–Trinajstić information content (AvgIpc) is 2.59. The van der Waals surface area contributed by atoms with Gasteiger partial charge in [0.15, 0.2) is 0 Å². The van der Waals surface area contributed by atoms with E-state index in [9.17, 15) is 14.7 Å². The fraction of sp³-hybridized carbons (Fsp3) is 0.467. The van der Waals surface area contributed by atoms with Crippen LogP contribution in [0.2, 0.25) is 0 Å². The van der Waals surface area contributed by atoms with Crippen molar-refractivity contribution in [3.05, 3.63) is 35.9 Å². The minimum Gasteiger partial charge on any atom is -0.481 e. The highest BCUT2D eigenvalue weighted by molar-refractivity contribution is 5.79. The SMILES string of the molecule is CN1CCCN(CC(C(=O)O)c2ccccc2)CC1=O. The third kappa shape index (κ3) is 3.57. The molecular weight excluding hydrogens is 256 g/mol. The van der Waals surface area contributed by atoms with Crippen molar-refractivity contribution in [3.8, 4) is 0 Å². The number of hydrogen-bond donors (Lipinski definition) is 1. The van der Waals surface area contributed by atoms with Gasteiger partial charge >= 0.3 is 5.97 Å². The number of amides is 1. The first-order chi connectivity index (χ1) is 9.58. The number of carbonyl (C=O) groups excluding carboxylic acids is 1. The van der Waals surface area contributed by atoms with E-state index >= 15 is 0 Å². The summed E-state index contributed by atoms with van der Waals surface area (Å²) in [4.78, 5) is 27.0. The lowest BCUT2D eigenvalue weighted by atomic mass is 9.98. The first kappa shape index (κ1) is 14.5. The van der Waals surface area contributed by atoms with Gasteiger partial charge in [0, 0.05) is 26.7 Å². The fourth-order valence-corrected chi connectivity index (χ4v) is 2.47. The Kier molecular flexibility index (Phi) is 4.74. The molecule has 1 heterocycles. The van der Waals surface area contributed by atoms with Crippen LogP contribution in [0, 0.1) is 0 Å². The van der Waals surface area contributed by atoms with Gasteiger partial charge in [0.05, 0.1) is 12.5 Å². The first-order valence-corrected chi connectivity index (χ1v) is 6.82. The van der Waals surface area contributed by atoms with Crippen LogP contribution in [-0.4, -0.2) is 60.0 Å². The zero-order valence-corrected chi connectivity index (χ0v) is 11.7. The third-order valence-electron chi connectivity index (χ3n) is 3.69. The number of nitrogens with zero attached hydrogens (tertiary/aromatic N) is 2.